The van der Waals surface area contributed by atoms with Gasteiger partial charge in [-0.25, -0.2) is 9.78 Å². The van der Waals surface area contributed by atoms with Crippen molar-refractivity contribution in [3.05, 3.63) is 71.9 Å². The molecule has 0 aliphatic heterocycles. The molecule has 7 heteroatoms. The third kappa shape index (κ3) is 5.85. The number of benzene rings is 2. The summed E-state index contributed by atoms with van der Waals surface area (Å²) in [6.45, 7) is 7.19. The minimum Gasteiger partial charge on any atom is -0.481 e. The predicted octanol–water partition coefficient (Wildman–Crippen LogP) is 5.50. The van der Waals surface area contributed by atoms with E-state index in [1.54, 1.807) is 26.1 Å². The zero-order valence-corrected chi connectivity index (χ0v) is 18.6. The van der Waals surface area contributed by atoms with Crippen molar-refractivity contribution in [3.63, 3.8) is 0 Å². The Morgan fingerprint density at radius 3 is 2.25 bits per heavy atom. The largest absolute Gasteiger partial charge is 0.481 e. The molecule has 3 aromatic rings. The second-order valence-electron chi connectivity index (χ2n) is 8.34. The predicted molar refractivity (Wildman–Crippen MR) is 125 cm³/mol. The molecule has 1 aromatic heterocycles. The fourth-order valence-electron chi connectivity index (χ4n) is 2.94. The standard InChI is InChI=1S/C25H27N3O4/c1-16-5-11-21(17(2)13-16)28-24(31)27-20-9-6-18(7-10-20)19-8-12-22(26-14-19)32-15-25(3,4)23(29)30/h5-14H,15H2,1-4H3,(H,29,30)(H2,27,28,31). The molecule has 2 amide bonds. The number of carbonyl (C=O) groups excluding carboxylic acids is 1. The highest BCUT2D eigenvalue weighted by molar-refractivity contribution is 6.00. The molecule has 32 heavy (non-hydrogen) atoms. The number of anilines is 2. The van der Waals surface area contributed by atoms with Gasteiger partial charge in [0.15, 0.2) is 0 Å². The maximum absolute atomic E-state index is 12.3. The molecule has 0 spiro atoms. The fourth-order valence-corrected chi connectivity index (χ4v) is 2.94. The lowest BCUT2D eigenvalue weighted by atomic mass is 9.95. The van der Waals surface area contributed by atoms with E-state index in [2.05, 4.69) is 15.6 Å². The summed E-state index contributed by atoms with van der Waals surface area (Å²) in [7, 11) is 0. The van der Waals surface area contributed by atoms with Gasteiger partial charge in [0, 0.05) is 29.2 Å². The molecule has 0 fully saturated rings. The SMILES string of the molecule is Cc1ccc(NC(=O)Nc2ccc(-c3ccc(OCC(C)(C)C(=O)O)nc3)cc2)c(C)c1. The highest BCUT2D eigenvalue weighted by Crippen LogP contribution is 2.24. The van der Waals surface area contributed by atoms with E-state index in [0.717, 1.165) is 27.9 Å². The van der Waals surface area contributed by atoms with Gasteiger partial charge < -0.3 is 20.5 Å². The van der Waals surface area contributed by atoms with Crippen LogP contribution >= 0.6 is 0 Å². The maximum atomic E-state index is 12.3. The van der Waals surface area contributed by atoms with Crippen LogP contribution in [-0.2, 0) is 4.79 Å². The van der Waals surface area contributed by atoms with Gasteiger partial charge in [-0.2, -0.15) is 0 Å². The second-order valence-corrected chi connectivity index (χ2v) is 8.34. The van der Waals surface area contributed by atoms with Crippen molar-refractivity contribution < 1.29 is 19.4 Å². The molecular formula is C25H27N3O4. The number of carboxylic acids is 1. The van der Waals surface area contributed by atoms with Gasteiger partial charge in [-0.15, -0.1) is 0 Å². The summed E-state index contributed by atoms with van der Waals surface area (Å²) in [6.07, 6.45) is 1.67. The second kappa shape index (κ2) is 9.51. The summed E-state index contributed by atoms with van der Waals surface area (Å²) in [5.74, 6) is -0.560. The number of nitrogens with zero attached hydrogens (tertiary/aromatic N) is 1. The van der Waals surface area contributed by atoms with E-state index >= 15 is 0 Å². The Morgan fingerprint density at radius 1 is 0.969 bits per heavy atom. The summed E-state index contributed by atoms with van der Waals surface area (Å²) >= 11 is 0. The third-order valence-electron chi connectivity index (χ3n) is 5.00. The quantitative estimate of drug-likeness (QED) is 0.457. The summed E-state index contributed by atoms with van der Waals surface area (Å²) in [6, 6.07) is 16.5. The lowest BCUT2D eigenvalue weighted by molar-refractivity contribution is -0.148. The van der Waals surface area contributed by atoms with E-state index < -0.39 is 11.4 Å². The van der Waals surface area contributed by atoms with Crippen LogP contribution in [0.5, 0.6) is 5.88 Å². The smallest absolute Gasteiger partial charge is 0.323 e. The van der Waals surface area contributed by atoms with Crippen LogP contribution in [0.2, 0.25) is 0 Å². The highest BCUT2D eigenvalue weighted by atomic mass is 16.5. The molecule has 0 saturated heterocycles. The van der Waals surface area contributed by atoms with E-state index in [1.807, 2.05) is 62.4 Å². The highest BCUT2D eigenvalue weighted by Gasteiger charge is 2.28. The van der Waals surface area contributed by atoms with Crippen molar-refractivity contribution in [1.82, 2.24) is 4.98 Å². The van der Waals surface area contributed by atoms with Crippen molar-refractivity contribution in [2.24, 2.45) is 5.41 Å². The van der Waals surface area contributed by atoms with Crippen LogP contribution in [0.1, 0.15) is 25.0 Å². The lowest BCUT2D eigenvalue weighted by Gasteiger charge is -2.19. The fraction of sp³-hybridized carbons (Fsp3) is 0.240. The number of aryl methyl sites for hydroxylation is 2. The molecule has 0 unspecified atom stereocenters. The number of hydrogen-bond donors (Lipinski definition) is 3. The Kier molecular flexibility index (Phi) is 6.78. The van der Waals surface area contributed by atoms with Crippen molar-refractivity contribution in [2.45, 2.75) is 27.7 Å². The molecule has 0 radical (unpaired) electrons. The van der Waals surface area contributed by atoms with Crippen LogP contribution in [-0.4, -0.2) is 28.7 Å². The molecule has 2 aromatic carbocycles. The van der Waals surface area contributed by atoms with Crippen LogP contribution in [0.4, 0.5) is 16.2 Å². The Balaban J connectivity index is 1.59. The zero-order chi connectivity index (χ0) is 23.3. The van der Waals surface area contributed by atoms with E-state index in [-0.39, 0.29) is 12.6 Å². The number of carbonyl (C=O) groups is 2. The molecule has 0 atom stereocenters. The van der Waals surface area contributed by atoms with Gasteiger partial charge in [0.05, 0.1) is 5.41 Å². The average Bonchev–Trinajstić information content (AvgIpc) is 2.75. The maximum Gasteiger partial charge on any atom is 0.323 e. The van der Waals surface area contributed by atoms with Gasteiger partial charge in [-0.1, -0.05) is 29.8 Å². The Hall–Kier alpha value is -3.87. The van der Waals surface area contributed by atoms with E-state index in [9.17, 15) is 9.59 Å². The van der Waals surface area contributed by atoms with Crippen molar-refractivity contribution in [3.8, 4) is 17.0 Å². The van der Waals surface area contributed by atoms with Crippen LogP contribution in [0.25, 0.3) is 11.1 Å². The molecular weight excluding hydrogens is 406 g/mol. The van der Waals surface area contributed by atoms with Crippen LogP contribution in [0, 0.1) is 19.3 Å². The number of pyridine rings is 1. The van der Waals surface area contributed by atoms with Crippen LogP contribution in [0.15, 0.2) is 60.8 Å². The molecule has 7 nitrogen and oxygen atoms in total. The monoisotopic (exact) mass is 433 g/mol. The first-order chi connectivity index (χ1) is 15.1. The van der Waals surface area contributed by atoms with Gasteiger partial charge in [0.1, 0.15) is 6.61 Å². The molecule has 0 bridgehead atoms. The normalized spacial score (nSPS) is 11.0. The first kappa shape index (κ1) is 22.8. The number of urea groups is 1. The van der Waals surface area contributed by atoms with E-state index in [1.165, 1.54) is 0 Å². The Labute approximate surface area is 187 Å². The molecule has 166 valence electrons. The van der Waals surface area contributed by atoms with Gasteiger partial charge in [0.25, 0.3) is 0 Å². The van der Waals surface area contributed by atoms with E-state index in [0.29, 0.717) is 11.6 Å². The van der Waals surface area contributed by atoms with E-state index in [4.69, 9.17) is 9.84 Å². The number of nitrogens with one attached hydrogen (secondary N) is 2. The average molecular weight is 434 g/mol. The number of carboxylic acid groups (broad SMARTS) is 1. The molecule has 0 aliphatic rings. The first-order valence-electron chi connectivity index (χ1n) is 10.2. The molecule has 3 N–H and O–H groups in total. The minimum atomic E-state index is -0.992. The van der Waals surface area contributed by atoms with Gasteiger partial charge in [-0.05, 0) is 63.1 Å². The van der Waals surface area contributed by atoms with Gasteiger partial charge in [0.2, 0.25) is 5.88 Å². The summed E-state index contributed by atoms with van der Waals surface area (Å²) < 4.78 is 5.50. The minimum absolute atomic E-state index is 0.0270. The Bertz CT molecular complexity index is 1110. The first-order valence-corrected chi connectivity index (χ1v) is 10.2. The van der Waals surface area contributed by atoms with Gasteiger partial charge in [-0.3, -0.25) is 4.79 Å². The van der Waals surface area contributed by atoms with Crippen molar-refractivity contribution >= 4 is 23.4 Å². The topological polar surface area (TPSA) is 101 Å². The summed E-state index contributed by atoms with van der Waals surface area (Å²) in [5.41, 5.74) is 4.39. The number of ether oxygens (including phenoxy) is 1. The van der Waals surface area contributed by atoms with Gasteiger partial charge >= 0.3 is 12.0 Å². The number of hydrogen-bond acceptors (Lipinski definition) is 4. The van der Waals surface area contributed by atoms with Crippen LogP contribution < -0.4 is 15.4 Å². The lowest BCUT2D eigenvalue weighted by Crippen LogP contribution is -2.30. The summed E-state index contributed by atoms with van der Waals surface area (Å²) in [5, 5.41) is 14.8. The molecule has 0 saturated carbocycles. The molecule has 1 heterocycles. The van der Waals surface area contributed by atoms with Crippen molar-refractivity contribution in [2.75, 3.05) is 17.2 Å². The number of aliphatic carboxylic acids is 1. The Morgan fingerprint density at radius 2 is 1.66 bits per heavy atom. The third-order valence-corrected chi connectivity index (χ3v) is 5.00. The molecule has 0 aliphatic carbocycles. The number of amides is 2. The number of aromatic nitrogens is 1. The number of rotatable bonds is 7. The zero-order valence-electron chi connectivity index (χ0n) is 18.6. The van der Waals surface area contributed by atoms with Crippen molar-refractivity contribution in [1.29, 1.82) is 0 Å². The summed E-state index contributed by atoms with van der Waals surface area (Å²) in [4.78, 5) is 27.7. The molecule has 3 rings (SSSR count). The van der Waals surface area contributed by atoms with Crippen LogP contribution in [0.3, 0.4) is 0 Å².